The predicted octanol–water partition coefficient (Wildman–Crippen LogP) is 2.04. The number of benzene rings is 1. The molecule has 0 saturated carbocycles. The third kappa shape index (κ3) is 3.47. The van der Waals surface area contributed by atoms with Crippen molar-refractivity contribution >= 4 is 27.7 Å². The standard InChI is InChI=1S/C11H11BrO3/c1-7-3-8(5-9(12)4-7)6-10(13)11(14)15-2/h3-5H,6H2,1-2H3. The highest BCUT2D eigenvalue weighted by Crippen LogP contribution is 2.15. The van der Waals surface area contributed by atoms with Gasteiger partial charge >= 0.3 is 5.97 Å². The number of methoxy groups -OCH3 is 1. The summed E-state index contributed by atoms with van der Waals surface area (Å²) in [6.07, 6.45) is 0.0763. The third-order valence-corrected chi connectivity index (χ3v) is 2.34. The lowest BCUT2D eigenvalue weighted by molar-refractivity contribution is -0.151. The Hall–Kier alpha value is -1.16. The van der Waals surface area contributed by atoms with Crippen LogP contribution in [0.4, 0.5) is 0 Å². The van der Waals surface area contributed by atoms with Crippen LogP contribution in [-0.2, 0) is 20.7 Å². The Labute approximate surface area is 96.6 Å². The van der Waals surface area contributed by atoms with E-state index in [0.29, 0.717) is 0 Å². The summed E-state index contributed by atoms with van der Waals surface area (Å²) in [7, 11) is 1.20. The van der Waals surface area contributed by atoms with Crippen molar-refractivity contribution in [3.8, 4) is 0 Å². The highest BCUT2D eigenvalue weighted by molar-refractivity contribution is 9.10. The number of halogens is 1. The number of carbonyl (C=O) groups excluding carboxylic acids is 2. The van der Waals surface area contributed by atoms with Gasteiger partial charge in [-0.3, -0.25) is 4.79 Å². The van der Waals surface area contributed by atoms with Gasteiger partial charge in [0.2, 0.25) is 5.78 Å². The quantitative estimate of drug-likeness (QED) is 0.624. The summed E-state index contributed by atoms with van der Waals surface area (Å²) in [5.74, 6) is -1.33. The number of Topliss-reactive ketones (excluding diaryl/α,β-unsaturated/α-hetero) is 1. The molecular formula is C11H11BrO3. The van der Waals surface area contributed by atoms with Crippen LogP contribution in [0.1, 0.15) is 11.1 Å². The molecule has 1 rings (SSSR count). The molecule has 0 amide bonds. The number of rotatable bonds is 3. The van der Waals surface area contributed by atoms with Gasteiger partial charge in [-0.2, -0.15) is 0 Å². The van der Waals surface area contributed by atoms with Gasteiger partial charge < -0.3 is 4.74 Å². The molecular weight excluding hydrogens is 260 g/mol. The number of carbonyl (C=O) groups is 2. The molecule has 3 nitrogen and oxygen atoms in total. The van der Waals surface area contributed by atoms with Gasteiger partial charge in [0, 0.05) is 10.9 Å². The second-order valence-corrected chi connectivity index (χ2v) is 4.14. The van der Waals surface area contributed by atoms with Crippen molar-refractivity contribution in [3.63, 3.8) is 0 Å². The van der Waals surface area contributed by atoms with E-state index in [-0.39, 0.29) is 6.42 Å². The smallest absolute Gasteiger partial charge is 0.374 e. The van der Waals surface area contributed by atoms with Crippen molar-refractivity contribution in [1.82, 2.24) is 0 Å². The van der Waals surface area contributed by atoms with Crippen LogP contribution in [0.25, 0.3) is 0 Å². The molecule has 1 aromatic rings. The first kappa shape index (κ1) is 11.9. The van der Waals surface area contributed by atoms with Crippen molar-refractivity contribution in [1.29, 1.82) is 0 Å². The third-order valence-electron chi connectivity index (χ3n) is 1.88. The Bertz CT molecular complexity index is 379. The highest BCUT2D eigenvalue weighted by atomic mass is 79.9. The molecule has 0 aliphatic rings. The molecule has 0 aromatic heterocycles. The van der Waals surface area contributed by atoms with E-state index in [1.54, 1.807) is 0 Å². The molecule has 0 aliphatic carbocycles. The average Bonchev–Trinajstić information content (AvgIpc) is 2.14. The van der Waals surface area contributed by atoms with Crippen LogP contribution in [0, 0.1) is 6.92 Å². The first-order valence-corrected chi connectivity index (χ1v) is 5.19. The minimum absolute atomic E-state index is 0.0763. The Morgan fingerprint density at radius 3 is 2.53 bits per heavy atom. The van der Waals surface area contributed by atoms with Gasteiger partial charge in [0.15, 0.2) is 0 Å². The number of esters is 1. The Morgan fingerprint density at radius 1 is 1.33 bits per heavy atom. The fourth-order valence-corrected chi connectivity index (χ4v) is 1.94. The normalized spacial score (nSPS) is 9.80. The molecule has 0 spiro atoms. The molecule has 0 radical (unpaired) electrons. The fourth-order valence-electron chi connectivity index (χ4n) is 1.29. The van der Waals surface area contributed by atoms with E-state index < -0.39 is 11.8 Å². The largest absolute Gasteiger partial charge is 0.463 e. The van der Waals surface area contributed by atoms with E-state index in [9.17, 15) is 9.59 Å². The predicted molar refractivity (Wildman–Crippen MR) is 59.6 cm³/mol. The molecule has 0 heterocycles. The Morgan fingerprint density at radius 2 is 2.00 bits per heavy atom. The van der Waals surface area contributed by atoms with Gasteiger partial charge in [0.25, 0.3) is 0 Å². The maximum atomic E-state index is 11.3. The van der Waals surface area contributed by atoms with Crippen LogP contribution < -0.4 is 0 Å². The van der Waals surface area contributed by atoms with Crippen molar-refractivity contribution in [3.05, 3.63) is 33.8 Å². The van der Waals surface area contributed by atoms with E-state index in [2.05, 4.69) is 20.7 Å². The van der Waals surface area contributed by atoms with E-state index in [1.807, 2.05) is 25.1 Å². The van der Waals surface area contributed by atoms with Crippen molar-refractivity contribution in [2.75, 3.05) is 7.11 Å². The van der Waals surface area contributed by atoms with E-state index in [1.165, 1.54) is 7.11 Å². The topological polar surface area (TPSA) is 43.4 Å². The molecule has 0 saturated heterocycles. The molecule has 4 heteroatoms. The maximum absolute atomic E-state index is 11.3. The summed E-state index contributed by atoms with van der Waals surface area (Å²) in [5.41, 5.74) is 1.84. The number of aryl methyl sites for hydroxylation is 1. The van der Waals surface area contributed by atoms with Crippen molar-refractivity contribution in [2.24, 2.45) is 0 Å². The molecule has 0 fully saturated rings. The van der Waals surface area contributed by atoms with Gasteiger partial charge in [-0.25, -0.2) is 4.79 Å². The number of ether oxygens (including phenoxy) is 1. The summed E-state index contributed by atoms with van der Waals surface area (Å²) >= 11 is 3.33. The lowest BCUT2D eigenvalue weighted by Crippen LogP contribution is -2.17. The monoisotopic (exact) mass is 270 g/mol. The van der Waals surface area contributed by atoms with Crippen LogP contribution in [0.3, 0.4) is 0 Å². The average molecular weight is 271 g/mol. The molecule has 0 N–H and O–H groups in total. The zero-order chi connectivity index (χ0) is 11.4. The van der Waals surface area contributed by atoms with Crippen LogP contribution in [0.2, 0.25) is 0 Å². The summed E-state index contributed by atoms with van der Waals surface area (Å²) in [6, 6.07) is 5.62. The van der Waals surface area contributed by atoms with Crippen LogP contribution in [0.5, 0.6) is 0 Å². The summed E-state index contributed by atoms with van der Waals surface area (Å²) in [5, 5.41) is 0. The van der Waals surface area contributed by atoms with Gasteiger partial charge in [-0.1, -0.05) is 22.0 Å². The molecule has 0 bridgehead atoms. The van der Waals surface area contributed by atoms with Crippen LogP contribution in [0.15, 0.2) is 22.7 Å². The first-order chi connectivity index (χ1) is 7.02. The lowest BCUT2D eigenvalue weighted by atomic mass is 10.1. The SMILES string of the molecule is COC(=O)C(=O)Cc1cc(C)cc(Br)c1. The van der Waals surface area contributed by atoms with Crippen molar-refractivity contribution in [2.45, 2.75) is 13.3 Å². The minimum Gasteiger partial charge on any atom is -0.463 e. The van der Waals surface area contributed by atoms with Crippen LogP contribution >= 0.6 is 15.9 Å². The van der Waals surface area contributed by atoms with E-state index in [4.69, 9.17) is 0 Å². The maximum Gasteiger partial charge on any atom is 0.374 e. The van der Waals surface area contributed by atoms with Gasteiger partial charge in [0.05, 0.1) is 7.11 Å². The first-order valence-electron chi connectivity index (χ1n) is 4.40. The number of hydrogen-bond acceptors (Lipinski definition) is 3. The second-order valence-electron chi connectivity index (χ2n) is 3.23. The van der Waals surface area contributed by atoms with Crippen molar-refractivity contribution < 1.29 is 14.3 Å². The summed E-state index contributed by atoms with van der Waals surface area (Å²) in [4.78, 5) is 22.2. The van der Waals surface area contributed by atoms with Crippen LogP contribution in [-0.4, -0.2) is 18.9 Å². The molecule has 15 heavy (non-hydrogen) atoms. The molecule has 80 valence electrons. The zero-order valence-corrected chi connectivity index (χ0v) is 10.1. The highest BCUT2D eigenvalue weighted by Gasteiger charge is 2.14. The van der Waals surface area contributed by atoms with E-state index >= 15 is 0 Å². The Kier molecular flexibility index (Phi) is 4.03. The summed E-state index contributed by atoms with van der Waals surface area (Å²) < 4.78 is 5.24. The number of hydrogen-bond donors (Lipinski definition) is 0. The minimum atomic E-state index is -0.798. The molecule has 0 aliphatic heterocycles. The van der Waals surface area contributed by atoms with Gasteiger partial charge in [0.1, 0.15) is 0 Å². The lowest BCUT2D eigenvalue weighted by Gasteiger charge is -2.02. The van der Waals surface area contributed by atoms with Gasteiger partial charge in [-0.05, 0) is 30.2 Å². The van der Waals surface area contributed by atoms with E-state index in [0.717, 1.165) is 15.6 Å². The van der Waals surface area contributed by atoms with Gasteiger partial charge in [-0.15, -0.1) is 0 Å². The molecule has 0 atom stereocenters. The summed E-state index contributed by atoms with van der Waals surface area (Å²) in [6.45, 7) is 1.93. The second kappa shape index (κ2) is 5.07. The zero-order valence-electron chi connectivity index (χ0n) is 8.54. The Balaban J connectivity index is 2.81. The molecule has 0 unspecified atom stereocenters. The number of ketones is 1. The fraction of sp³-hybridized carbons (Fsp3) is 0.273. The molecule has 1 aromatic carbocycles.